The Labute approximate surface area is 101 Å². The summed E-state index contributed by atoms with van der Waals surface area (Å²) < 4.78 is 35.1. The van der Waals surface area contributed by atoms with E-state index in [1.54, 1.807) is 19.1 Å². The van der Waals surface area contributed by atoms with Crippen molar-refractivity contribution in [1.29, 1.82) is 0 Å². The Morgan fingerprint density at radius 3 is 2.59 bits per heavy atom. The van der Waals surface area contributed by atoms with Crippen LogP contribution in [0.25, 0.3) is 0 Å². The van der Waals surface area contributed by atoms with Crippen LogP contribution in [-0.4, -0.2) is 25.5 Å². The van der Waals surface area contributed by atoms with Crippen LogP contribution in [0.4, 0.5) is 4.39 Å². The average Bonchev–Trinajstić information content (AvgIpc) is 2.20. The van der Waals surface area contributed by atoms with Gasteiger partial charge in [-0.05, 0) is 37.0 Å². The van der Waals surface area contributed by atoms with Crippen LogP contribution in [0.5, 0.6) is 0 Å². The summed E-state index contributed by atoms with van der Waals surface area (Å²) in [5.74, 6) is -0.317. The Morgan fingerprint density at radius 1 is 1.41 bits per heavy atom. The van der Waals surface area contributed by atoms with Crippen LogP contribution in [0.2, 0.25) is 0 Å². The summed E-state index contributed by atoms with van der Waals surface area (Å²) in [6, 6.07) is 4.55. The SMILES string of the molecule is Cc1ccc(C(O)CCCS(C)(=O)=O)cc1F. The smallest absolute Gasteiger partial charge is 0.147 e. The second-order valence-electron chi connectivity index (χ2n) is 4.30. The van der Waals surface area contributed by atoms with E-state index in [-0.39, 0.29) is 11.6 Å². The van der Waals surface area contributed by atoms with Crippen LogP contribution in [0.15, 0.2) is 18.2 Å². The lowest BCUT2D eigenvalue weighted by Gasteiger charge is -2.11. The minimum Gasteiger partial charge on any atom is -0.388 e. The summed E-state index contributed by atoms with van der Waals surface area (Å²) in [7, 11) is -3.00. The molecule has 0 amide bonds. The molecule has 1 atom stereocenters. The Kier molecular flexibility index (Phi) is 4.65. The lowest BCUT2D eigenvalue weighted by Crippen LogP contribution is -2.06. The van der Waals surface area contributed by atoms with E-state index in [0.717, 1.165) is 6.26 Å². The molecule has 0 heterocycles. The fraction of sp³-hybridized carbons (Fsp3) is 0.500. The number of hydrogen-bond acceptors (Lipinski definition) is 3. The van der Waals surface area contributed by atoms with Gasteiger partial charge in [0.2, 0.25) is 0 Å². The van der Waals surface area contributed by atoms with Gasteiger partial charge in [-0.1, -0.05) is 12.1 Å². The van der Waals surface area contributed by atoms with Crippen LogP contribution in [0, 0.1) is 12.7 Å². The van der Waals surface area contributed by atoms with Crippen molar-refractivity contribution in [2.24, 2.45) is 0 Å². The Bertz CT molecular complexity index is 483. The molecule has 1 N–H and O–H groups in total. The van der Waals surface area contributed by atoms with E-state index in [9.17, 15) is 17.9 Å². The van der Waals surface area contributed by atoms with Crippen molar-refractivity contribution in [2.75, 3.05) is 12.0 Å². The molecule has 0 saturated heterocycles. The maximum atomic E-state index is 13.2. The van der Waals surface area contributed by atoms with Gasteiger partial charge >= 0.3 is 0 Å². The normalized spacial score (nSPS) is 13.6. The highest BCUT2D eigenvalue weighted by atomic mass is 32.2. The van der Waals surface area contributed by atoms with Crippen molar-refractivity contribution in [3.63, 3.8) is 0 Å². The van der Waals surface area contributed by atoms with E-state index >= 15 is 0 Å². The number of sulfone groups is 1. The summed E-state index contributed by atoms with van der Waals surface area (Å²) >= 11 is 0. The van der Waals surface area contributed by atoms with Crippen molar-refractivity contribution in [3.05, 3.63) is 35.1 Å². The molecule has 1 unspecified atom stereocenters. The van der Waals surface area contributed by atoms with Gasteiger partial charge in [-0.25, -0.2) is 12.8 Å². The van der Waals surface area contributed by atoms with Crippen LogP contribution in [0.3, 0.4) is 0 Å². The van der Waals surface area contributed by atoms with Crippen LogP contribution >= 0.6 is 0 Å². The maximum Gasteiger partial charge on any atom is 0.147 e. The first kappa shape index (κ1) is 14.1. The lowest BCUT2D eigenvalue weighted by molar-refractivity contribution is 0.166. The van der Waals surface area contributed by atoms with Gasteiger partial charge in [0.05, 0.1) is 6.10 Å². The molecule has 1 aromatic rings. The van der Waals surface area contributed by atoms with Crippen molar-refractivity contribution in [2.45, 2.75) is 25.9 Å². The summed E-state index contributed by atoms with van der Waals surface area (Å²) in [5.41, 5.74) is 1.01. The van der Waals surface area contributed by atoms with E-state index in [2.05, 4.69) is 0 Å². The Hall–Kier alpha value is -0.940. The molecular weight excluding hydrogens is 243 g/mol. The molecule has 0 saturated carbocycles. The van der Waals surface area contributed by atoms with Gasteiger partial charge in [0.25, 0.3) is 0 Å². The minimum absolute atomic E-state index is 0.0401. The fourth-order valence-corrected chi connectivity index (χ4v) is 2.21. The molecule has 0 radical (unpaired) electrons. The zero-order chi connectivity index (χ0) is 13.1. The first-order valence-corrected chi connectivity index (χ1v) is 7.47. The predicted octanol–water partition coefficient (Wildman–Crippen LogP) is 1.99. The first-order chi connectivity index (χ1) is 7.79. The number of aryl methyl sites for hydroxylation is 1. The molecule has 96 valence electrons. The Balaban J connectivity index is 2.58. The molecule has 0 aromatic heterocycles. The highest BCUT2D eigenvalue weighted by Crippen LogP contribution is 2.20. The average molecular weight is 260 g/mol. The number of benzene rings is 1. The zero-order valence-electron chi connectivity index (χ0n) is 9.98. The van der Waals surface area contributed by atoms with E-state index < -0.39 is 15.9 Å². The van der Waals surface area contributed by atoms with E-state index in [4.69, 9.17) is 0 Å². The predicted molar refractivity (Wildman–Crippen MR) is 65.0 cm³/mol. The number of aliphatic hydroxyl groups excluding tert-OH is 1. The minimum atomic E-state index is -3.00. The van der Waals surface area contributed by atoms with Crippen LogP contribution < -0.4 is 0 Å². The summed E-state index contributed by atoms with van der Waals surface area (Å²) in [5, 5.41) is 9.77. The molecule has 0 aliphatic heterocycles. The highest BCUT2D eigenvalue weighted by Gasteiger charge is 2.11. The maximum absolute atomic E-state index is 13.2. The van der Waals surface area contributed by atoms with Crippen molar-refractivity contribution < 1.29 is 17.9 Å². The van der Waals surface area contributed by atoms with E-state index in [0.29, 0.717) is 24.0 Å². The lowest BCUT2D eigenvalue weighted by atomic mass is 10.0. The second-order valence-corrected chi connectivity index (χ2v) is 6.56. The summed E-state index contributed by atoms with van der Waals surface area (Å²) in [6.07, 6.45) is 1.03. The molecule has 5 heteroatoms. The number of aliphatic hydroxyl groups is 1. The van der Waals surface area contributed by atoms with Gasteiger partial charge in [-0.3, -0.25) is 0 Å². The number of hydrogen-bond donors (Lipinski definition) is 1. The van der Waals surface area contributed by atoms with Gasteiger partial charge < -0.3 is 5.11 Å². The fourth-order valence-electron chi connectivity index (χ4n) is 1.52. The van der Waals surface area contributed by atoms with Gasteiger partial charge in [0, 0.05) is 12.0 Å². The molecule has 0 fully saturated rings. The molecule has 1 aromatic carbocycles. The second kappa shape index (κ2) is 5.60. The third-order valence-electron chi connectivity index (χ3n) is 2.57. The van der Waals surface area contributed by atoms with Crippen molar-refractivity contribution in [3.8, 4) is 0 Å². The molecule has 17 heavy (non-hydrogen) atoms. The third-order valence-corrected chi connectivity index (χ3v) is 3.60. The van der Waals surface area contributed by atoms with E-state index in [1.165, 1.54) is 6.07 Å². The first-order valence-electron chi connectivity index (χ1n) is 5.41. The monoisotopic (exact) mass is 260 g/mol. The standard InChI is InChI=1S/C12H17FO3S/c1-9-5-6-10(8-11(9)13)12(14)4-3-7-17(2,15)16/h5-6,8,12,14H,3-4,7H2,1-2H3. The van der Waals surface area contributed by atoms with Gasteiger partial charge in [-0.2, -0.15) is 0 Å². The zero-order valence-corrected chi connectivity index (χ0v) is 10.8. The molecule has 1 rings (SSSR count). The van der Waals surface area contributed by atoms with Crippen LogP contribution in [-0.2, 0) is 9.84 Å². The quantitative estimate of drug-likeness (QED) is 0.881. The topological polar surface area (TPSA) is 54.4 Å². The van der Waals surface area contributed by atoms with Crippen molar-refractivity contribution in [1.82, 2.24) is 0 Å². The van der Waals surface area contributed by atoms with Gasteiger partial charge in [0.1, 0.15) is 15.7 Å². The number of rotatable bonds is 5. The van der Waals surface area contributed by atoms with Crippen molar-refractivity contribution >= 4 is 9.84 Å². The van der Waals surface area contributed by atoms with Gasteiger partial charge in [0.15, 0.2) is 0 Å². The third kappa shape index (κ3) is 4.83. The Morgan fingerprint density at radius 2 is 2.06 bits per heavy atom. The largest absolute Gasteiger partial charge is 0.388 e. The molecule has 0 spiro atoms. The number of halogens is 1. The molecular formula is C12H17FO3S. The molecule has 0 bridgehead atoms. The van der Waals surface area contributed by atoms with Crippen LogP contribution in [0.1, 0.15) is 30.1 Å². The van der Waals surface area contributed by atoms with Gasteiger partial charge in [-0.15, -0.1) is 0 Å². The molecule has 0 aliphatic rings. The highest BCUT2D eigenvalue weighted by molar-refractivity contribution is 7.90. The summed E-state index contributed by atoms with van der Waals surface area (Å²) in [4.78, 5) is 0. The molecule has 0 aliphatic carbocycles. The summed E-state index contributed by atoms with van der Waals surface area (Å²) in [6.45, 7) is 1.65. The molecule has 3 nitrogen and oxygen atoms in total. The van der Waals surface area contributed by atoms with E-state index in [1.807, 2.05) is 0 Å².